The third kappa shape index (κ3) is 6.00. The van der Waals surface area contributed by atoms with Crippen LogP contribution in [0.2, 0.25) is 5.02 Å². The lowest BCUT2D eigenvalue weighted by Gasteiger charge is -2.13. The predicted molar refractivity (Wildman–Crippen MR) is 142 cm³/mol. The number of carbonyl (C=O) groups excluding carboxylic acids is 2. The molecule has 2 heterocycles. The Morgan fingerprint density at radius 2 is 1.86 bits per heavy atom. The van der Waals surface area contributed by atoms with Gasteiger partial charge in [0.05, 0.1) is 12.7 Å². The van der Waals surface area contributed by atoms with Crippen LogP contribution in [0.3, 0.4) is 0 Å². The van der Waals surface area contributed by atoms with Crippen LogP contribution < -0.4 is 15.0 Å². The minimum atomic E-state index is -0.492. The lowest BCUT2D eigenvalue weighted by atomic mass is 10.1. The number of methoxy groups -OCH3 is 1. The molecule has 0 aliphatic heterocycles. The van der Waals surface area contributed by atoms with Gasteiger partial charge >= 0.3 is 0 Å². The number of aldehydes is 1. The minimum absolute atomic E-state index is 0.386. The number of pyridine rings is 1. The molecule has 0 unspecified atom stereocenters. The Morgan fingerprint density at radius 3 is 2.46 bits per heavy atom. The van der Waals surface area contributed by atoms with Gasteiger partial charge in [0.2, 0.25) is 11.7 Å². The van der Waals surface area contributed by atoms with Crippen LogP contribution in [0.15, 0.2) is 60.8 Å². The number of carbonyl (C=O) groups is 2. The molecule has 0 saturated carbocycles. The number of halogens is 1. The van der Waals surface area contributed by atoms with Crippen molar-refractivity contribution in [1.29, 1.82) is 0 Å². The molecule has 0 atom stereocenters. The molecule has 35 heavy (non-hydrogen) atoms. The van der Waals surface area contributed by atoms with Gasteiger partial charge in [-0.3, -0.25) is 9.59 Å². The number of benzene rings is 2. The summed E-state index contributed by atoms with van der Waals surface area (Å²) in [6.07, 6.45) is 2.08. The number of nitrogens with one attached hydrogen (secondary N) is 1. The molecular formula is C27H29ClN4O3. The number of hydrogen-bond donors (Lipinski definition) is 1. The van der Waals surface area contributed by atoms with E-state index < -0.39 is 5.78 Å². The van der Waals surface area contributed by atoms with Gasteiger partial charge in [-0.25, -0.2) is 4.98 Å². The average Bonchev–Trinajstić information content (AvgIpc) is 3.15. The molecule has 1 N–H and O–H groups in total. The van der Waals surface area contributed by atoms with Gasteiger partial charge in [-0.05, 0) is 48.9 Å². The van der Waals surface area contributed by atoms with E-state index in [-0.39, 0.29) is 0 Å². The fourth-order valence-electron chi connectivity index (χ4n) is 3.77. The molecule has 0 saturated heterocycles. The van der Waals surface area contributed by atoms with Gasteiger partial charge < -0.3 is 19.5 Å². The van der Waals surface area contributed by atoms with Crippen molar-refractivity contribution in [3.8, 4) is 5.88 Å². The zero-order chi connectivity index (χ0) is 25.5. The maximum absolute atomic E-state index is 12.2. The van der Waals surface area contributed by atoms with E-state index in [1.807, 2.05) is 87.6 Å². The normalized spacial score (nSPS) is 10.3. The first-order valence-corrected chi connectivity index (χ1v) is 11.4. The zero-order valence-electron chi connectivity index (χ0n) is 20.5. The largest absolute Gasteiger partial charge is 0.481 e. The van der Waals surface area contributed by atoms with Crippen molar-refractivity contribution in [1.82, 2.24) is 9.55 Å². The second-order valence-electron chi connectivity index (χ2n) is 8.09. The molecule has 0 amide bonds. The van der Waals surface area contributed by atoms with Crippen molar-refractivity contribution in [2.75, 3.05) is 38.5 Å². The van der Waals surface area contributed by atoms with Gasteiger partial charge in [0, 0.05) is 72.9 Å². The Morgan fingerprint density at radius 1 is 1.14 bits per heavy atom. The van der Waals surface area contributed by atoms with E-state index in [0.29, 0.717) is 29.3 Å². The first kappa shape index (κ1) is 25.8. The number of anilines is 2. The molecule has 182 valence electrons. The van der Waals surface area contributed by atoms with E-state index in [4.69, 9.17) is 16.3 Å². The lowest BCUT2D eigenvalue weighted by Crippen LogP contribution is -2.08. The molecule has 0 radical (unpaired) electrons. The summed E-state index contributed by atoms with van der Waals surface area (Å²) < 4.78 is 6.97. The minimum Gasteiger partial charge on any atom is -0.481 e. The van der Waals surface area contributed by atoms with Gasteiger partial charge in [-0.1, -0.05) is 23.7 Å². The van der Waals surface area contributed by atoms with Gasteiger partial charge in [0.15, 0.2) is 6.29 Å². The Hall–Kier alpha value is -3.84. The SMILES string of the molecule is CNc1ccnc(OC)c1.Cc1c(C(=O)C=O)c2cc(N(C)C)ccc2n1Cc1ccc(Cl)cc1. The number of nitrogens with zero attached hydrogens (tertiary/aromatic N) is 3. The first-order chi connectivity index (χ1) is 16.8. The highest BCUT2D eigenvalue weighted by molar-refractivity contribution is 6.37. The highest BCUT2D eigenvalue weighted by Gasteiger charge is 2.20. The Bertz CT molecular complexity index is 1310. The van der Waals surface area contributed by atoms with Crippen molar-refractivity contribution in [2.45, 2.75) is 13.5 Å². The second kappa shape index (κ2) is 11.5. The Balaban J connectivity index is 0.000000287. The smallest absolute Gasteiger partial charge is 0.227 e. The van der Waals surface area contributed by atoms with Crippen molar-refractivity contribution in [2.24, 2.45) is 0 Å². The maximum atomic E-state index is 12.2. The molecule has 0 fully saturated rings. The van der Waals surface area contributed by atoms with E-state index in [1.54, 1.807) is 13.3 Å². The average molecular weight is 493 g/mol. The maximum Gasteiger partial charge on any atom is 0.227 e. The van der Waals surface area contributed by atoms with Crippen molar-refractivity contribution >= 4 is 45.9 Å². The third-order valence-corrected chi connectivity index (χ3v) is 5.92. The van der Waals surface area contributed by atoms with Crippen LogP contribution in [0, 0.1) is 6.92 Å². The van der Waals surface area contributed by atoms with Crippen molar-refractivity contribution in [3.63, 3.8) is 0 Å². The monoisotopic (exact) mass is 492 g/mol. The van der Waals surface area contributed by atoms with E-state index >= 15 is 0 Å². The molecule has 2 aromatic carbocycles. The second-order valence-corrected chi connectivity index (χ2v) is 8.52. The van der Waals surface area contributed by atoms with Crippen LogP contribution in [0.5, 0.6) is 5.88 Å². The van der Waals surface area contributed by atoms with Crippen molar-refractivity contribution < 1.29 is 14.3 Å². The van der Waals surface area contributed by atoms with E-state index in [1.165, 1.54) is 0 Å². The summed E-state index contributed by atoms with van der Waals surface area (Å²) in [4.78, 5) is 29.3. The molecule has 7 nitrogen and oxygen atoms in total. The standard InChI is InChI=1S/C20H19ClN2O2.C7H10N2O/c1-13-20(19(25)12-24)17-10-16(22(2)3)8-9-18(17)23(13)11-14-4-6-15(21)7-5-14;1-8-6-3-4-9-7(5-6)10-2/h4-10,12H,11H2,1-3H3;3-5H,1-2H3,(H,8,9). The number of aromatic nitrogens is 2. The number of ketones is 1. The first-order valence-electron chi connectivity index (χ1n) is 11.0. The molecule has 8 heteroatoms. The summed E-state index contributed by atoms with van der Waals surface area (Å²) in [7, 11) is 7.34. The topological polar surface area (TPSA) is 76.5 Å². The Kier molecular flexibility index (Phi) is 8.49. The number of rotatable bonds is 7. The van der Waals surface area contributed by atoms with E-state index in [9.17, 15) is 9.59 Å². The van der Waals surface area contributed by atoms with Crippen LogP contribution in [-0.2, 0) is 11.3 Å². The van der Waals surface area contributed by atoms with E-state index in [2.05, 4.69) is 14.9 Å². The van der Waals surface area contributed by atoms with Gasteiger partial charge in [0.1, 0.15) is 0 Å². The zero-order valence-corrected chi connectivity index (χ0v) is 21.3. The molecule has 0 spiro atoms. The molecule has 2 aromatic heterocycles. The molecule has 0 aliphatic carbocycles. The number of hydrogen-bond acceptors (Lipinski definition) is 6. The van der Waals surface area contributed by atoms with Gasteiger partial charge in [-0.2, -0.15) is 0 Å². The summed E-state index contributed by atoms with van der Waals surface area (Å²) in [6, 6.07) is 17.3. The van der Waals surface area contributed by atoms with Crippen LogP contribution in [0.1, 0.15) is 21.6 Å². The lowest BCUT2D eigenvalue weighted by molar-refractivity contribution is -0.104. The summed E-state index contributed by atoms with van der Waals surface area (Å²) in [5.41, 5.74) is 5.26. The van der Waals surface area contributed by atoms with Gasteiger partial charge in [-0.15, -0.1) is 0 Å². The number of ether oxygens (including phenoxy) is 1. The van der Waals surface area contributed by atoms with Crippen LogP contribution in [0.4, 0.5) is 11.4 Å². The molecule has 0 bridgehead atoms. The Labute approximate surface area is 210 Å². The summed E-state index contributed by atoms with van der Waals surface area (Å²) >= 11 is 5.96. The highest BCUT2D eigenvalue weighted by Crippen LogP contribution is 2.30. The summed E-state index contributed by atoms with van der Waals surface area (Å²) in [5.74, 6) is 0.139. The highest BCUT2D eigenvalue weighted by atomic mass is 35.5. The molecular weight excluding hydrogens is 464 g/mol. The fraction of sp³-hybridized carbons (Fsp3) is 0.222. The molecule has 4 aromatic rings. The van der Waals surface area contributed by atoms with Crippen molar-refractivity contribution in [3.05, 3.63) is 82.6 Å². The number of fused-ring (bicyclic) bond motifs is 1. The number of Topliss-reactive ketones (excluding diaryl/α,β-unsaturated/α-hetero) is 1. The quantitative estimate of drug-likeness (QED) is 0.216. The van der Waals surface area contributed by atoms with E-state index in [0.717, 1.165) is 33.5 Å². The van der Waals surface area contributed by atoms with Gasteiger partial charge in [0.25, 0.3) is 0 Å². The molecule has 0 aliphatic rings. The van der Waals surface area contributed by atoms with Crippen LogP contribution in [-0.4, -0.2) is 49.9 Å². The predicted octanol–water partition coefficient (Wildman–Crippen LogP) is 5.23. The van der Waals surface area contributed by atoms with Crippen LogP contribution >= 0.6 is 11.6 Å². The van der Waals surface area contributed by atoms with Crippen LogP contribution in [0.25, 0.3) is 10.9 Å². The summed E-state index contributed by atoms with van der Waals surface area (Å²) in [5, 5.41) is 4.47. The molecule has 4 rings (SSSR count). The third-order valence-electron chi connectivity index (χ3n) is 5.66. The summed E-state index contributed by atoms with van der Waals surface area (Å²) in [6.45, 7) is 2.48. The fourth-order valence-corrected chi connectivity index (χ4v) is 3.90.